The molecular weight excluding hydrogens is 252 g/mol. The summed E-state index contributed by atoms with van der Waals surface area (Å²) in [6.07, 6.45) is 3.46. The van der Waals surface area contributed by atoms with Gasteiger partial charge in [-0.2, -0.15) is 0 Å². The Morgan fingerprint density at radius 1 is 1.05 bits per heavy atom. The number of rotatable bonds is 4. The minimum atomic E-state index is 0.454. The molecule has 100 valence electrons. The van der Waals surface area contributed by atoms with Gasteiger partial charge in [-0.15, -0.1) is 0 Å². The van der Waals surface area contributed by atoms with Gasteiger partial charge in [-0.05, 0) is 35.9 Å². The van der Waals surface area contributed by atoms with E-state index in [9.17, 15) is 0 Å². The van der Waals surface area contributed by atoms with Crippen molar-refractivity contribution in [1.29, 1.82) is 0 Å². The van der Waals surface area contributed by atoms with Crippen LogP contribution in [0.2, 0.25) is 0 Å². The fourth-order valence-corrected chi connectivity index (χ4v) is 1.95. The molecule has 3 aromatic rings. The molecule has 3 rings (SSSR count). The molecule has 0 bridgehead atoms. The minimum Gasteiger partial charge on any atom is -0.489 e. The molecule has 0 aliphatic heterocycles. The fourth-order valence-electron chi connectivity index (χ4n) is 1.95. The molecule has 5 heteroatoms. The first-order chi connectivity index (χ1) is 9.85. The van der Waals surface area contributed by atoms with Gasteiger partial charge in [0.25, 0.3) is 0 Å². The third-order valence-corrected chi connectivity index (χ3v) is 2.96. The Hall–Kier alpha value is -2.66. The highest BCUT2D eigenvalue weighted by Crippen LogP contribution is 2.20. The summed E-state index contributed by atoms with van der Waals surface area (Å²) in [7, 11) is 0. The summed E-state index contributed by atoms with van der Waals surface area (Å²) in [6.45, 7) is 0.454. The quantitative estimate of drug-likeness (QED) is 0.560. The van der Waals surface area contributed by atoms with Crippen LogP contribution in [-0.2, 0) is 6.61 Å². The number of hydrogen-bond acceptors (Lipinski definition) is 5. The maximum atomic E-state index is 5.76. The maximum absolute atomic E-state index is 5.76. The van der Waals surface area contributed by atoms with Crippen molar-refractivity contribution < 1.29 is 4.74 Å². The first-order valence-electron chi connectivity index (χ1n) is 6.24. The van der Waals surface area contributed by atoms with Crippen LogP contribution in [0.15, 0.2) is 54.9 Å². The van der Waals surface area contributed by atoms with Crippen molar-refractivity contribution in [3.05, 3.63) is 60.4 Å². The van der Waals surface area contributed by atoms with Crippen LogP contribution in [0.1, 0.15) is 5.56 Å². The van der Waals surface area contributed by atoms with Gasteiger partial charge in [0.2, 0.25) is 0 Å². The number of benzene rings is 1. The van der Waals surface area contributed by atoms with Gasteiger partial charge in [0, 0.05) is 23.8 Å². The SMILES string of the molecule is NNc1cc(COc2ccc3cccnc3c2)ccn1. The highest BCUT2D eigenvalue weighted by atomic mass is 16.5. The average molecular weight is 266 g/mol. The van der Waals surface area contributed by atoms with Crippen molar-refractivity contribution in [2.45, 2.75) is 6.61 Å². The zero-order valence-electron chi connectivity index (χ0n) is 10.8. The van der Waals surface area contributed by atoms with Gasteiger partial charge < -0.3 is 10.2 Å². The van der Waals surface area contributed by atoms with Crippen molar-refractivity contribution in [3.63, 3.8) is 0 Å². The van der Waals surface area contributed by atoms with E-state index in [1.54, 1.807) is 12.4 Å². The maximum Gasteiger partial charge on any atom is 0.140 e. The fraction of sp³-hybridized carbons (Fsp3) is 0.0667. The first kappa shape index (κ1) is 12.4. The molecule has 0 spiro atoms. The van der Waals surface area contributed by atoms with Crippen molar-refractivity contribution in [2.75, 3.05) is 5.43 Å². The van der Waals surface area contributed by atoms with Crippen molar-refractivity contribution >= 4 is 16.7 Å². The molecule has 0 saturated carbocycles. The lowest BCUT2D eigenvalue weighted by Crippen LogP contribution is -2.09. The lowest BCUT2D eigenvalue weighted by molar-refractivity contribution is 0.306. The van der Waals surface area contributed by atoms with Crippen LogP contribution in [0.3, 0.4) is 0 Å². The summed E-state index contributed by atoms with van der Waals surface area (Å²) in [5, 5.41) is 1.10. The van der Waals surface area contributed by atoms with Crippen molar-refractivity contribution in [1.82, 2.24) is 9.97 Å². The third-order valence-electron chi connectivity index (χ3n) is 2.96. The zero-order valence-corrected chi connectivity index (χ0v) is 10.8. The third kappa shape index (κ3) is 2.67. The average Bonchev–Trinajstić information content (AvgIpc) is 2.53. The molecule has 1 aromatic carbocycles. The first-order valence-corrected chi connectivity index (χ1v) is 6.24. The number of pyridine rings is 2. The summed E-state index contributed by atoms with van der Waals surface area (Å²) >= 11 is 0. The summed E-state index contributed by atoms with van der Waals surface area (Å²) in [5.41, 5.74) is 4.43. The zero-order chi connectivity index (χ0) is 13.8. The minimum absolute atomic E-state index is 0.454. The number of nitrogens with two attached hydrogens (primary N) is 1. The predicted octanol–water partition coefficient (Wildman–Crippen LogP) is 2.49. The Balaban J connectivity index is 1.76. The Morgan fingerprint density at radius 2 is 2.00 bits per heavy atom. The highest BCUT2D eigenvalue weighted by Gasteiger charge is 2.00. The molecule has 0 fully saturated rings. The lowest BCUT2D eigenvalue weighted by Gasteiger charge is -2.08. The standard InChI is InChI=1S/C15H14N4O/c16-19-15-8-11(5-7-18-15)10-20-13-4-3-12-2-1-6-17-14(12)9-13/h1-9H,10,16H2,(H,18,19). The predicted molar refractivity (Wildman–Crippen MR) is 78.1 cm³/mol. The van der Waals surface area contributed by atoms with E-state index in [0.29, 0.717) is 12.4 Å². The molecule has 0 saturated heterocycles. The molecule has 2 aromatic heterocycles. The van der Waals surface area contributed by atoms with Crippen LogP contribution in [0.5, 0.6) is 5.75 Å². The number of ether oxygens (including phenoxy) is 1. The molecule has 0 aliphatic rings. The number of anilines is 1. The van der Waals surface area contributed by atoms with Crippen LogP contribution in [-0.4, -0.2) is 9.97 Å². The topological polar surface area (TPSA) is 73.1 Å². The van der Waals surface area contributed by atoms with Gasteiger partial charge in [-0.1, -0.05) is 6.07 Å². The van der Waals surface area contributed by atoms with Crippen LogP contribution < -0.4 is 16.0 Å². The van der Waals surface area contributed by atoms with Crippen LogP contribution in [0.25, 0.3) is 10.9 Å². The van der Waals surface area contributed by atoms with E-state index in [0.717, 1.165) is 22.2 Å². The molecule has 2 heterocycles. The summed E-state index contributed by atoms with van der Waals surface area (Å²) in [4.78, 5) is 8.36. The number of hydrazine groups is 1. The van der Waals surface area contributed by atoms with E-state index in [1.165, 1.54) is 0 Å². The lowest BCUT2D eigenvalue weighted by atomic mass is 10.2. The second kappa shape index (κ2) is 5.54. The number of fused-ring (bicyclic) bond motifs is 1. The molecular formula is C15H14N4O. The smallest absolute Gasteiger partial charge is 0.140 e. The monoisotopic (exact) mass is 266 g/mol. The Bertz CT molecular complexity index is 730. The second-order valence-corrected chi connectivity index (χ2v) is 4.34. The summed E-state index contributed by atoms with van der Waals surface area (Å²) < 4.78 is 5.76. The largest absolute Gasteiger partial charge is 0.489 e. The molecule has 0 aliphatic carbocycles. The number of hydrogen-bond donors (Lipinski definition) is 2. The molecule has 3 N–H and O–H groups in total. The molecule has 0 atom stereocenters. The van der Waals surface area contributed by atoms with Gasteiger partial charge in [0.1, 0.15) is 18.2 Å². The van der Waals surface area contributed by atoms with E-state index in [-0.39, 0.29) is 0 Å². The van der Waals surface area contributed by atoms with E-state index >= 15 is 0 Å². The molecule has 0 amide bonds. The Labute approximate surface area is 116 Å². The van der Waals surface area contributed by atoms with Gasteiger partial charge >= 0.3 is 0 Å². The molecule has 20 heavy (non-hydrogen) atoms. The van der Waals surface area contributed by atoms with E-state index < -0.39 is 0 Å². The number of nitrogens with zero attached hydrogens (tertiary/aromatic N) is 2. The van der Waals surface area contributed by atoms with Crippen molar-refractivity contribution in [3.8, 4) is 5.75 Å². The second-order valence-electron chi connectivity index (χ2n) is 4.34. The molecule has 0 unspecified atom stereocenters. The van der Waals surface area contributed by atoms with Crippen molar-refractivity contribution in [2.24, 2.45) is 5.84 Å². The number of nitrogen functional groups attached to an aromatic ring is 1. The number of aromatic nitrogens is 2. The summed E-state index contributed by atoms with van der Waals surface area (Å²) in [6, 6.07) is 13.5. The van der Waals surface area contributed by atoms with Crippen LogP contribution in [0, 0.1) is 0 Å². The Morgan fingerprint density at radius 3 is 2.90 bits per heavy atom. The summed E-state index contributed by atoms with van der Waals surface area (Å²) in [5.74, 6) is 6.73. The van der Waals surface area contributed by atoms with E-state index in [1.807, 2.05) is 42.5 Å². The molecule has 5 nitrogen and oxygen atoms in total. The van der Waals surface area contributed by atoms with Crippen LogP contribution in [0.4, 0.5) is 5.82 Å². The Kier molecular flexibility index (Phi) is 3.43. The van der Waals surface area contributed by atoms with Gasteiger partial charge in [0.15, 0.2) is 0 Å². The van der Waals surface area contributed by atoms with E-state index in [4.69, 9.17) is 10.6 Å². The normalized spacial score (nSPS) is 10.4. The van der Waals surface area contributed by atoms with Crippen LogP contribution >= 0.6 is 0 Å². The van der Waals surface area contributed by atoms with Gasteiger partial charge in [0.05, 0.1) is 5.52 Å². The highest BCUT2D eigenvalue weighted by molar-refractivity contribution is 5.79. The molecule has 0 radical (unpaired) electrons. The van der Waals surface area contributed by atoms with Gasteiger partial charge in [-0.25, -0.2) is 10.8 Å². The van der Waals surface area contributed by atoms with Gasteiger partial charge in [-0.3, -0.25) is 4.98 Å². The number of nitrogens with one attached hydrogen (secondary N) is 1. The van der Waals surface area contributed by atoms with E-state index in [2.05, 4.69) is 15.4 Å².